The van der Waals surface area contributed by atoms with Crippen LogP contribution in [0.1, 0.15) is 17.5 Å². The van der Waals surface area contributed by atoms with Crippen molar-refractivity contribution in [3.05, 3.63) is 22.6 Å². The number of hydrogen-bond donors (Lipinski definition) is 1. The lowest BCUT2D eigenvalue weighted by molar-refractivity contribution is -0.141. The molecule has 5 nitrogen and oxygen atoms in total. The van der Waals surface area contributed by atoms with Crippen molar-refractivity contribution < 1.29 is 19.1 Å². The second kappa shape index (κ2) is 4.73. The highest BCUT2D eigenvalue weighted by Gasteiger charge is 2.40. The Morgan fingerprint density at radius 3 is 2.82 bits per heavy atom. The molecule has 1 saturated heterocycles. The quantitative estimate of drug-likeness (QED) is 0.903. The Kier molecular flexibility index (Phi) is 3.48. The van der Waals surface area contributed by atoms with Crippen LogP contribution >= 0.6 is 27.7 Å². The number of hydrogen-bond acceptors (Lipinski definition) is 4. The average molecular weight is 320 g/mol. The Balaban J connectivity index is 2.25. The average Bonchev–Trinajstić information content (AvgIpc) is 2.83. The van der Waals surface area contributed by atoms with E-state index in [1.807, 2.05) is 6.92 Å². The van der Waals surface area contributed by atoms with E-state index in [4.69, 9.17) is 9.52 Å². The highest BCUT2D eigenvalue weighted by atomic mass is 79.9. The Labute approximate surface area is 110 Å². The Bertz CT molecular complexity index is 461. The molecule has 0 saturated carbocycles. The minimum Gasteiger partial charge on any atom is -0.480 e. The monoisotopic (exact) mass is 319 g/mol. The van der Waals surface area contributed by atoms with Gasteiger partial charge in [-0.2, -0.15) is 0 Å². The maximum atomic E-state index is 12.1. The van der Waals surface area contributed by atoms with Crippen molar-refractivity contribution in [2.45, 2.75) is 18.3 Å². The van der Waals surface area contributed by atoms with Gasteiger partial charge in [0.15, 0.2) is 10.4 Å². The minimum absolute atomic E-state index is 0.150. The fraction of sp³-hybridized carbons (Fsp3) is 0.400. The topological polar surface area (TPSA) is 70.8 Å². The van der Waals surface area contributed by atoms with Crippen LogP contribution in [0.15, 0.2) is 21.2 Å². The van der Waals surface area contributed by atoms with Crippen molar-refractivity contribution >= 4 is 39.6 Å². The number of furan rings is 1. The first-order valence-corrected chi connectivity index (χ1v) is 6.77. The van der Waals surface area contributed by atoms with Crippen molar-refractivity contribution in [3.63, 3.8) is 0 Å². The standard InChI is InChI=1S/C10H10BrNO4S/c1-5-12(6(4-17-5)10(14)15)9(13)7-2-3-8(11)16-7/h2-3,5-6H,4H2,1H3,(H,14,15). The van der Waals surface area contributed by atoms with Crippen LogP contribution in [0.2, 0.25) is 0 Å². The van der Waals surface area contributed by atoms with Crippen molar-refractivity contribution in [2.75, 3.05) is 5.75 Å². The van der Waals surface area contributed by atoms with E-state index in [9.17, 15) is 9.59 Å². The number of nitrogens with zero attached hydrogens (tertiary/aromatic N) is 1. The summed E-state index contributed by atoms with van der Waals surface area (Å²) in [7, 11) is 0. The molecule has 2 atom stereocenters. The van der Waals surface area contributed by atoms with Crippen LogP contribution in [0.4, 0.5) is 0 Å². The Hall–Kier alpha value is -0.950. The molecule has 1 amide bonds. The van der Waals surface area contributed by atoms with Gasteiger partial charge in [0.2, 0.25) is 0 Å². The molecule has 0 spiro atoms. The normalized spacial score (nSPS) is 24.0. The lowest BCUT2D eigenvalue weighted by Gasteiger charge is -2.23. The molecule has 2 rings (SSSR count). The summed E-state index contributed by atoms with van der Waals surface area (Å²) >= 11 is 4.55. The van der Waals surface area contributed by atoms with Gasteiger partial charge in [-0.05, 0) is 35.0 Å². The van der Waals surface area contributed by atoms with E-state index in [0.717, 1.165) is 0 Å². The largest absolute Gasteiger partial charge is 0.480 e. The molecule has 1 N–H and O–H groups in total. The van der Waals surface area contributed by atoms with Gasteiger partial charge in [0, 0.05) is 5.75 Å². The number of carboxylic acids is 1. The van der Waals surface area contributed by atoms with Gasteiger partial charge in [0.05, 0.1) is 5.37 Å². The van der Waals surface area contributed by atoms with E-state index in [0.29, 0.717) is 10.4 Å². The molecule has 92 valence electrons. The molecular weight excluding hydrogens is 310 g/mol. The van der Waals surface area contributed by atoms with E-state index in [-0.39, 0.29) is 17.0 Å². The number of carbonyl (C=O) groups is 2. The van der Waals surface area contributed by atoms with Crippen molar-refractivity contribution in [2.24, 2.45) is 0 Å². The molecule has 2 unspecified atom stereocenters. The molecule has 1 aliphatic rings. The zero-order valence-electron chi connectivity index (χ0n) is 8.92. The number of carbonyl (C=O) groups excluding carboxylic acids is 1. The second-order valence-electron chi connectivity index (χ2n) is 3.60. The van der Waals surface area contributed by atoms with Crippen molar-refractivity contribution in [3.8, 4) is 0 Å². The molecule has 1 aromatic rings. The van der Waals surface area contributed by atoms with Crippen LogP contribution in [0.5, 0.6) is 0 Å². The highest BCUT2D eigenvalue weighted by Crippen LogP contribution is 2.31. The molecule has 0 bridgehead atoms. The van der Waals surface area contributed by atoms with Crippen molar-refractivity contribution in [1.29, 1.82) is 0 Å². The van der Waals surface area contributed by atoms with Gasteiger partial charge in [-0.25, -0.2) is 4.79 Å². The van der Waals surface area contributed by atoms with Crippen LogP contribution in [-0.4, -0.2) is 39.1 Å². The van der Waals surface area contributed by atoms with Crippen LogP contribution in [0.25, 0.3) is 0 Å². The SMILES string of the molecule is CC1SCC(C(=O)O)N1C(=O)c1ccc(Br)o1. The number of amides is 1. The van der Waals surface area contributed by atoms with Gasteiger partial charge in [0.1, 0.15) is 6.04 Å². The Morgan fingerprint density at radius 1 is 1.59 bits per heavy atom. The summed E-state index contributed by atoms with van der Waals surface area (Å²) in [5.74, 6) is -0.816. The first kappa shape index (κ1) is 12.5. The zero-order chi connectivity index (χ0) is 12.6. The lowest BCUT2D eigenvalue weighted by Crippen LogP contribution is -2.44. The third kappa shape index (κ3) is 2.35. The Morgan fingerprint density at radius 2 is 2.29 bits per heavy atom. The van der Waals surface area contributed by atoms with Gasteiger partial charge in [-0.15, -0.1) is 11.8 Å². The molecule has 1 fully saturated rings. The molecular formula is C10H10BrNO4S. The van der Waals surface area contributed by atoms with Crippen LogP contribution in [0.3, 0.4) is 0 Å². The smallest absolute Gasteiger partial charge is 0.327 e. The number of rotatable bonds is 2. The number of aliphatic carboxylic acids is 1. The van der Waals surface area contributed by atoms with E-state index in [1.165, 1.54) is 22.7 Å². The molecule has 0 aliphatic carbocycles. The summed E-state index contributed by atoms with van der Waals surface area (Å²) in [6, 6.07) is 2.35. The van der Waals surface area contributed by atoms with E-state index >= 15 is 0 Å². The summed E-state index contributed by atoms with van der Waals surface area (Å²) in [5, 5.41) is 8.90. The van der Waals surface area contributed by atoms with Gasteiger partial charge < -0.3 is 14.4 Å². The first-order chi connectivity index (χ1) is 8.00. The number of halogens is 1. The zero-order valence-corrected chi connectivity index (χ0v) is 11.3. The van der Waals surface area contributed by atoms with E-state index in [2.05, 4.69) is 15.9 Å². The molecule has 17 heavy (non-hydrogen) atoms. The third-order valence-electron chi connectivity index (χ3n) is 2.53. The molecule has 7 heteroatoms. The summed E-state index contributed by atoms with van der Waals surface area (Å²) < 4.78 is 5.61. The fourth-order valence-corrected chi connectivity index (χ4v) is 3.17. The molecule has 1 aromatic heterocycles. The predicted molar refractivity (Wildman–Crippen MR) is 65.9 cm³/mol. The maximum Gasteiger partial charge on any atom is 0.327 e. The highest BCUT2D eigenvalue weighted by molar-refractivity contribution is 9.10. The second-order valence-corrected chi connectivity index (χ2v) is 5.73. The van der Waals surface area contributed by atoms with Crippen LogP contribution < -0.4 is 0 Å². The van der Waals surface area contributed by atoms with E-state index in [1.54, 1.807) is 6.07 Å². The number of carboxylic acid groups (broad SMARTS) is 1. The van der Waals surface area contributed by atoms with Gasteiger partial charge in [-0.1, -0.05) is 0 Å². The summed E-state index contributed by atoms with van der Waals surface area (Å²) in [6.45, 7) is 1.81. The minimum atomic E-state index is -0.985. The van der Waals surface area contributed by atoms with Crippen LogP contribution in [-0.2, 0) is 4.79 Å². The van der Waals surface area contributed by atoms with Crippen LogP contribution in [0, 0.1) is 0 Å². The van der Waals surface area contributed by atoms with Gasteiger partial charge in [0.25, 0.3) is 5.91 Å². The summed E-state index contributed by atoms with van der Waals surface area (Å²) in [4.78, 5) is 24.5. The molecule has 1 aliphatic heterocycles. The molecule has 0 radical (unpaired) electrons. The van der Waals surface area contributed by atoms with Crippen molar-refractivity contribution in [1.82, 2.24) is 4.90 Å². The number of thioether (sulfide) groups is 1. The molecule has 0 aromatic carbocycles. The lowest BCUT2D eigenvalue weighted by atomic mass is 10.2. The summed E-state index contributed by atoms with van der Waals surface area (Å²) in [6.07, 6.45) is 0. The maximum absolute atomic E-state index is 12.1. The fourth-order valence-electron chi connectivity index (χ4n) is 1.70. The first-order valence-electron chi connectivity index (χ1n) is 4.93. The summed E-state index contributed by atoms with van der Waals surface area (Å²) in [5.41, 5.74) is 0. The molecule has 2 heterocycles. The van der Waals surface area contributed by atoms with Gasteiger partial charge >= 0.3 is 5.97 Å². The third-order valence-corrected chi connectivity index (χ3v) is 4.17. The predicted octanol–water partition coefficient (Wildman–Crippen LogP) is 2.03. The van der Waals surface area contributed by atoms with E-state index < -0.39 is 12.0 Å². The van der Waals surface area contributed by atoms with Gasteiger partial charge in [-0.3, -0.25) is 4.79 Å².